The van der Waals surface area contributed by atoms with Crippen molar-refractivity contribution in [2.75, 3.05) is 6.54 Å². The number of hydrogen-bond acceptors (Lipinski definition) is 1. The van der Waals surface area contributed by atoms with Crippen LogP contribution < -0.4 is 5.32 Å². The summed E-state index contributed by atoms with van der Waals surface area (Å²) >= 11 is 0. The van der Waals surface area contributed by atoms with E-state index in [4.69, 9.17) is 0 Å². The number of nitrogens with one attached hydrogen (secondary N) is 1. The number of hydrogen-bond donors (Lipinski definition) is 1. The first-order valence-corrected chi connectivity index (χ1v) is 7.25. The second kappa shape index (κ2) is 6.89. The minimum Gasteiger partial charge on any atom is -0.314 e. The summed E-state index contributed by atoms with van der Waals surface area (Å²) in [6.45, 7) is 3.28. The molecule has 2 heteroatoms. The first-order chi connectivity index (χ1) is 8.78. The van der Waals surface area contributed by atoms with E-state index in [0.717, 1.165) is 18.9 Å². The molecule has 0 heterocycles. The van der Waals surface area contributed by atoms with Gasteiger partial charge in [0.15, 0.2) is 0 Å². The Labute approximate surface area is 110 Å². The van der Waals surface area contributed by atoms with Gasteiger partial charge in [-0.05, 0) is 55.8 Å². The molecule has 0 amide bonds. The van der Waals surface area contributed by atoms with Gasteiger partial charge in [0.05, 0.1) is 0 Å². The number of benzene rings is 1. The van der Waals surface area contributed by atoms with Gasteiger partial charge in [0.1, 0.15) is 5.82 Å². The fourth-order valence-corrected chi connectivity index (χ4v) is 2.37. The summed E-state index contributed by atoms with van der Waals surface area (Å²) in [6.07, 6.45) is 7.65. The van der Waals surface area contributed by atoms with Gasteiger partial charge < -0.3 is 5.32 Å². The quantitative estimate of drug-likeness (QED) is 0.736. The lowest BCUT2D eigenvalue weighted by molar-refractivity contribution is 0.452. The van der Waals surface area contributed by atoms with Crippen molar-refractivity contribution in [1.82, 2.24) is 5.32 Å². The maximum absolute atomic E-state index is 12.9. The van der Waals surface area contributed by atoms with Gasteiger partial charge in [-0.3, -0.25) is 0 Å². The van der Waals surface area contributed by atoms with Crippen LogP contribution in [0.4, 0.5) is 4.39 Å². The molecule has 1 saturated carbocycles. The molecule has 100 valence electrons. The molecule has 0 saturated heterocycles. The van der Waals surface area contributed by atoms with E-state index in [1.807, 2.05) is 12.1 Å². The molecule has 0 spiro atoms. The first kappa shape index (κ1) is 13.5. The van der Waals surface area contributed by atoms with E-state index in [9.17, 15) is 4.39 Å². The molecule has 1 N–H and O–H groups in total. The second-order valence-electron chi connectivity index (χ2n) is 5.50. The molecule has 0 radical (unpaired) electrons. The Hall–Kier alpha value is -0.890. The predicted octanol–water partition coefficient (Wildman–Crippen LogP) is 3.93. The third-order valence-corrected chi connectivity index (χ3v) is 3.70. The highest BCUT2D eigenvalue weighted by Crippen LogP contribution is 2.34. The lowest BCUT2D eigenvalue weighted by atomic mass is 10.00. The Kier molecular flexibility index (Phi) is 5.18. The first-order valence-electron chi connectivity index (χ1n) is 7.25. The van der Waals surface area contributed by atoms with Gasteiger partial charge in [-0.2, -0.15) is 0 Å². The topological polar surface area (TPSA) is 12.0 Å². The average Bonchev–Trinajstić information content (AvgIpc) is 3.19. The summed E-state index contributed by atoms with van der Waals surface area (Å²) in [5.41, 5.74) is 1.24. The second-order valence-corrected chi connectivity index (χ2v) is 5.50. The minimum atomic E-state index is -0.144. The summed E-state index contributed by atoms with van der Waals surface area (Å²) in [6, 6.07) is 7.50. The summed E-state index contributed by atoms with van der Waals surface area (Å²) in [4.78, 5) is 0. The van der Waals surface area contributed by atoms with E-state index < -0.39 is 0 Å². The molecular weight excluding hydrogens is 225 g/mol. The Morgan fingerprint density at radius 1 is 1.28 bits per heavy atom. The van der Waals surface area contributed by atoms with Crippen molar-refractivity contribution in [3.63, 3.8) is 0 Å². The van der Waals surface area contributed by atoms with Crippen LogP contribution in [0.1, 0.15) is 44.6 Å². The molecule has 2 rings (SSSR count). The number of rotatable bonds is 8. The largest absolute Gasteiger partial charge is 0.314 e. The van der Waals surface area contributed by atoms with E-state index in [1.54, 1.807) is 12.1 Å². The van der Waals surface area contributed by atoms with E-state index in [1.165, 1.54) is 37.7 Å². The maximum Gasteiger partial charge on any atom is 0.123 e. The number of halogens is 1. The zero-order valence-electron chi connectivity index (χ0n) is 11.3. The lowest BCUT2D eigenvalue weighted by Gasteiger charge is -2.18. The van der Waals surface area contributed by atoms with Crippen molar-refractivity contribution in [3.8, 4) is 0 Å². The zero-order valence-corrected chi connectivity index (χ0v) is 11.3. The molecule has 0 aliphatic heterocycles. The van der Waals surface area contributed by atoms with Gasteiger partial charge in [0, 0.05) is 6.04 Å². The SMILES string of the molecule is CCCNC(CCC1CC1)Cc1ccc(F)cc1. The van der Waals surface area contributed by atoms with Gasteiger partial charge in [0.2, 0.25) is 0 Å². The Bertz CT molecular complexity index is 343. The normalized spacial score (nSPS) is 16.8. The smallest absolute Gasteiger partial charge is 0.123 e. The fourth-order valence-electron chi connectivity index (χ4n) is 2.37. The molecule has 18 heavy (non-hydrogen) atoms. The average molecular weight is 249 g/mol. The Morgan fingerprint density at radius 3 is 2.61 bits per heavy atom. The van der Waals surface area contributed by atoms with Gasteiger partial charge >= 0.3 is 0 Å². The van der Waals surface area contributed by atoms with Crippen LogP contribution in [0.15, 0.2) is 24.3 Å². The molecule has 1 aliphatic carbocycles. The summed E-state index contributed by atoms with van der Waals surface area (Å²) in [7, 11) is 0. The molecule has 1 aliphatic rings. The van der Waals surface area contributed by atoms with Crippen LogP contribution in [-0.2, 0) is 6.42 Å². The molecule has 1 nitrogen and oxygen atoms in total. The van der Waals surface area contributed by atoms with Crippen molar-refractivity contribution < 1.29 is 4.39 Å². The Balaban J connectivity index is 1.83. The van der Waals surface area contributed by atoms with E-state index >= 15 is 0 Å². The van der Waals surface area contributed by atoms with Crippen LogP contribution in [0.2, 0.25) is 0 Å². The van der Waals surface area contributed by atoms with Crippen LogP contribution in [0.25, 0.3) is 0 Å². The summed E-state index contributed by atoms with van der Waals surface area (Å²) in [5, 5.41) is 3.62. The van der Waals surface area contributed by atoms with Gasteiger partial charge in [-0.1, -0.05) is 31.9 Å². The lowest BCUT2D eigenvalue weighted by Crippen LogP contribution is -2.31. The third kappa shape index (κ3) is 4.77. The predicted molar refractivity (Wildman–Crippen MR) is 74.1 cm³/mol. The van der Waals surface area contributed by atoms with Crippen molar-refractivity contribution >= 4 is 0 Å². The molecule has 1 fully saturated rings. The van der Waals surface area contributed by atoms with Crippen molar-refractivity contribution in [3.05, 3.63) is 35.6 Å². The van der Waals surface area contributed by atoms with E-state index in [2.05, 4.69) is 12.2 Å². The maximum atomic E-state index is 12.9. The van der Waals surface area contributed by atoms with Crippen molar-refractivity contribution in [1.29, 1.82) is 0 Å². The molecule has 0 bridgehead atoms. The minimum absolute atomic E-state index is 0.144. The van der Waals surface area contributed by atoms with Crippen LogP contribution in [0, 0.1) is 11.7 Å². The molecule has 1 aromatic carbocycles. The van der Waals surface area contributed by atoms with Crippen molar-refractivity contribution in [2.45, 2.75) is 51.5 Å². The fraction of sp³-hybridized carbons (Fsp3) is 0.625. The molecule has 0 aromatic heterocycles. The van der Waals surface area contributed by atoms with Crippen LogP contribution in [0.3, 0.4) is 0 Å². The third-order valence-electron chi connectivity index (χ3n) is 3.70. The summed E-state index contributed by atoms with van der Waals surface area (Å²) < 4.78 is 12.9. The van der Waals surface area contributed by atoms with Gasteiger partial charge in [0.25, 0.3) is 0 Å². The standard InChI is InChI=1S/C16H24FN/c1-2-11-18-16(10-7-13-3-4-13)12-14-5-8-15(17)9-6-14/h5-6,8-9,13,16,18H,2-4,7,10-12H2,1H3. The van der Waals surface area contributed by atoms with Crippen LogP contribution in [-0.4, -0.2) is 12.6 Å². The zero-order chi connectivity index (χ0) is 12.8. The monoisotopic (exact) mass is 249 g/mol. The van der Waals surface area contributed by atoms with Crippen molar-refractivity contribution in [2.24, 2.45) is 5.92 Å². The van der Waals surface area contributed by atoms with Crippen LogP contribution in [0.5, 0.6) is 0 Å². The molecule has 1 unspecified atom stereocenters. The van der Waals surface area contributed by atoms with E-state index in [0.29, 0.717) is 6.04 Å². The molecule has 1 aromatic rings. The summed E-state index contributed by atoms with van der Waals surface area (Å²) in [5.74, 6) is 0.846. The molecular formula is C16H24FN. The Morgan fingerprint density at radius 2 is 2.00 bits per heavy atom. The highest BCUT2D eigenvalue weighted by molar-refractivity contribution is 5.17. The molecule has 1 atom stereocenters. The van der Waals surface area contributed by atoms with Gasteiger partial charge in [-0.15, -0.1) is 0 Å². The van der Waals surface area contributed by atoms with Crippen LogP contribution >= 0.6 is 0 Å². The van der Waals surface area contributed by atoms with E-state index in [-0.39, 0.29) is 5.82 Å². The highest BCUT2D eigenvalue weighted by Gasteiger charge is 2.22. The van der Waals surface area contributed by atoms with Gasteiger partial charge in [-0.25, -0.2) is 4.39 Å². The highest BCUT2D eigenvalue weighted by atomic mass is 19.1.